The summed E-state index contributed by atoms with van der Waals surface area (Å²) in [7, 11) is 0. The normalized spacial score (nSPS) is 8.62. The molecule has 1 aromatic heterocycles. The number of nitrogens with zero attached hydrogens (tertiary/aromatic N) is 1. The van der Waals surface area contributed by atoms with Gasteiger partial charge < -0.3 is 5.11 Å². The van der Waals surface area contributed by atoms with Crippen LogP contribution in [0.2, 0.25) is 10.0 Å². The molecule has 0 spiro atoms. The predicted octanol–water partition coefficient (Wildman–Crippen LogP) is 1.41. The summed E-state index contributed by atoms with van der Waals surface area (Å²) in [6.07, 6.45) is 0. The second-order valence-corrected chi connectivity index (χ2v) is 3.02. The zero-order valence-electron chi connectivity index (χ0n) is 6.15. The predicted molar refractivity (Wildman–Crippen MR) is 59.7 cm³/mol. The Balaban J connectivity index is 0. The number of rotatable bonds is 0. The molecule has 13 heavy (non-hydrogen) atoms. The van der Waals surface area contributed by atoms with Gasteiger partial charge in [-0.3, -0.25) is 4.98 Å². The van der Waals surface area contributed by atoms with Crippen molar-refractivity contribution in [1.29, 1.82) is 0 Å². The third-order valence-electron chi connectivity index (χ3n) is 1.39. The Labute approximate surface area is 132 Å². The standard InChI is InChI=1S/C7H7Cl2NO.2Na.2H/c1-3-5(8)7(11)6(9)4(2)10-3;;;;/h1-2H3,(H,10,11);;;;. The van der Waals surface area contributed by atoms with E-state index >= 15 is 0 Å². The average molecular weight is 240 g/mol. The maximum absolute atomic E-state index is 9.26. The van der Waals surface area contributed by atoms with Gasteiger partial charge in [0.2, 0.25) is 0 Å². The summed E-state index contributed by atoms with van der Waals surface area (Å²) in [6, 6.07) is 0. The van der Waals surface area contributed by atoms with E-state index in [1.807, 2.05) is 0 Å². The van der Waals surface area contributed by atoms with E-state index in [-0.39, 0.29) is 74.9 Å². The number of hydrogen-bond acceptors (Lipinski definition) is 2. The molecule has 0 radical (unpaired) electrons. The summed E-state index contributed by atoms with van der Waals surface area (Å²) in [5.41, 5.74) is 1.18. The summed E-state index contributed by atoms with van der Waals surface area (Å²) in [5, 5.41) is 9.71. The zero-order valence-corrected chi connectivity index (χ0v) is 7.66. The fourth-order valence-electron chi connectivity index (χ4n) is 0.789. The molecule has 0 saturated carbocycles. The summed E-state index contributed by atoms with van der Waals surface area (Å²) in [4.78, 5) is 4.01. The summed E-state index contributed by atoms with van der Waals surface area (Å²) >= 11 is 11.3. The average Bonchev–Trinajstić information content (AvgIpc) is 1.97. The molecule has 1 N–H and O–H groups in total. The van der Waals surface area contributed by atoms with Crippen molar-refractivity contribution in [3.8, 4) is 5.75 Å². The van der Waals surface area contributed by atoms with Gasteiger partial charge in [0, 0.05) is 0 Å². The van der Waals surface area contributed by atoms with Crippen LogP contribution in [0.5, 0.6) is 5.75 Å². The van der Waals surface area contributed by atoms with Crippen molar-refractivity contribution in [2.24, 2.45) is 0 Å². The van der Waals surface area contributed by atoms with E-state index < -0.39 is 0 Å². The van der Waals surface area contributed by atoms with Crippen molar-refractivity contribution >= 4 is 82.3 Å². The molecule has 0 amide bonds. The van der Waals surface area contributed by atoms with Crippen LogP contribution in [0.1, 0.15) is 11.4 Å². The van der Waals surface area contributed by atoms with E-state index in [0.717, 1.165) is 0 Å². The SMILES string of the molecule is Cc1nc(C)c(Cl)c(O)c1Cl.[NaH].[NaH]. The number of aromatic hydroxyl groups is 1. The molecule has 64 valence electrons. The van der Waals surface area contributed by atoms with Gasteiger partial charge in [-0.2, -0.15) is 0 Å². The van der Waals surface area contributed by atoms with Gasteiger partial charge in [0.15, 0.2) is 5.75 Å². The van der Waals surface area contributed by atoms with Crippen LogP contribution in [0.25, 0.3) is 0 Å². The van der Waals surface area contributed by atoms with Crippen LogP contribution >= 0.6 is 23.2 Å². The van der Waals surface area contributed by atoms with Crippen LogP contribution in [0, 0.1) is 13.8 Å². The molecule has 0 saturated heterocycles. The van der Waals surface area contributed by atoms with Crippen molar-refractivity contribution in [1.82, 2.24) is 4.98 Å². The van der Waals surface area contributed by atoms with Crippen LogP contribution in [0.4, 0.5) is 0 Å². The quantitative estimate of drug-likeness (QED) is 0.695. The van der Waals surface area contributed by atoms with Crippen LogP contribution in [-0.4, -0.2) is 69.2 Å². The molecule has 2 nitrogen and oxygen atoms in total. The first-order valence-electron chi connectivity index (χ1n) is 3.05. The van der Waals surface area contributed by atoms with Crippen LogP contribution < -0.4 is 0 Å². The number of aromatic nitrogens is 1. The molecular weight excluding hydrogens is 231 g/mol. The Kier molecular flexibility index (Phi) is 9.01. The number of pyridine rings is 1. The second-order valence-electron chi connectivity index (χ2n) is 2.26. The van der Waals surface area contributed by atoms with Gasteiger partial charge in [-0.1, -0.05) is 23.2 Å². The summed E-state index contributed by atoms with van der Waals surface area (Å²) in [5.74, 6) is -0.0849. The molecule has 0 aromatic carbocycles. The van der Waals surface area contributed by atoms with Crippen molar-refractivity contribution < 1.29 is 5.11 Å². The van der Waals surface area contributed by atoms with Crippen molar-refractivity contribution in [2.75, 3.05) is 0 Å². The molecule has 0 aliphatic carbocycles. The van der Waals surface area contributed by atoms with Gasteiger partial charge in [0.1, 0.15) is 10.0 Å². The van der Waals surface area contributed by atoms with Crippen LogP contribution in [-0.2, 0) is 0 Å². The fraction of sp³-hybridized carbons (Fsp3) is 0.286. The second kappa shape index (κ2) is 6.91. The zero-order chi connectivity index (χ0) is 8.59. The van der Waals surface area contributed by atoms with E-state index in [1.165, 1.54) is 0 Å². The third-order valence-corrected chi connectivity index (χ3v) is 2.29. The van der Waals surface area contributed by atoms with E-state index in [1.54, 1.807) is 13.8 Å². The van der Waals surface area contributed by atoms with Crippen molar-refractivity contribution in [3.05, 3.63) is 21.4 Å². The molecular formula is C7H9Cl2NNa2O. The van der Waals surface area contributed by atoms with E-state index in [0.29, 0.717) is 11.4 Å². The van der Waals surface area contributed by atoms with Gasteiger partial charge in [0.05, 0.1) is 11.4 Å². The molecule has 1 aromatic rings. The Morgan fingerprint density at radius 1 is 1.00 bits per heavy atom. The molecule has 0 aliphatic heterocycles. The number of aryl methyl sites for hydroxylation is 2. The first-order chi connectivity index (χ1) is 5.04. The van der Waals surface area contributed by atoms with Gasteiger partial charge >= 0.3 is 59.1 Å². The monoisotopic (exact) mass is 239 g/mol. The molecule has 0 aliphatic rings. The molecule has 0 unspecified atom stereocenters. The Morgan fingerprint density at radius 2 is 1.31 bits per heavy atom. The van der Waals surface area contributed by atoms with E-state index in [9.17, 15) is 5.11 Å². The minimum atomic E-state index is -0.0849. The third kappa shape index (κ3) is 3.88. The number of halogens is 2. The maximum atomic E-state index is 9.26. The van der Waals surface area contributed by atoms with E-state index in [2.05, 4.69) is 4.98 Å². The topological polar surface area (TPSA) is 33.1 Å². The Bertz CT molecular complexity index is 281. The summed E-state index contributed by atoms with van der Waals surface area (Å²) in [6.45, 7) is 3.43. The molecule has 0 bridgehead atoms. The van der Waals surface area contributed by atoms with Gasteiger partial charge in [-0.05, 0) is 13.8 Å². The van der Waals surface area contributed by atoms with Crippen LogP contribution in [0.15, 0.2) is 0 Å². The summed E-state index contributed by atoms with van der Waals surface area (Å²) < 4.78 is 0. The van der Waals surface area contributed by atoms with Crippen molar-refractivity contribution in [3.63, 3.8) is 0 Å². The first-order valence-corrected chi connectivity index (χ1v) is 3.80. The number of hydrogen-bond donors (Lipinski definition) is 1. The molecule has 6 heteroatoms. The molecule has 0 fully saturated rings. The van der Waals surface area contributed by atoms with Gasteiger partial charge in [-0.15, -0.1) is 0 Å². The van der Waals surface area contributed by atoms with Gasteiger partial charge in [0.25, 0.3) is 0 Å². The first kappa shape index (κ1) is 16.9. The molecule has 1 rings (SSSR count). The van der Waals surface area contributed by atoms with Gasteiger partial charge in [-0.25, -0.2) is 0 Å². The van der Waals surface area contributed by atoms with Crippen LogP contribution in [0.3, 0.4) is 0 Å². The molecule has 0 atom stereocenters. The minimum absolute atomic E-state index is 0. The Morgan fingerprint density at radius 3 is 1.62 bits per heavy atom. The Hall–Kier alpha value is 1.53. The molecule has 1 heterocycles. The fourth-order valence-corrected chi connectivity index (χ4v) is 1.11. The van der Waals surface area contributed by atoms with Crippen molar-refractivity contribution in [2.45, 2.75) is 13.8 Å². The van der Waals surface area contributed by atoms with E-state index in [4.69, 9.17) is 23.2 Å².